The van der Waals surface area contributed by atoms with Gasteiger partial charge >= 0.3 is 0 Å². The molecular formula is C32H35N. The molecule has 0 aromatic heterocycles. The molecule has 0 spiro atoms. The van der Waals surface area contributed by atoms with Gasteiger partial charge in [-0.1, -0.05) is 89.6 Å². The standard InChI is InChI=1S/C32H35N/c1-7-11-22-18-28(20(2)3)25-16-17-27-30(33(6)23-12-9-8-10-13-23)19-29(21(4)5)26-15-14-24(22)31(25)32(26)27/h8-10,12-21H,7,11H2,1-6H3. The lowest BCUT2D eigenvalue weighted by Gasteiger charge is -2.27. The predicted octanol–water partition coefficient (Wildman–Crippen LogP) is 9.55. The highest BCUT2D eigenvalue weighted by molar-refractivity contribution is 6.27. The Morgan fingerprint density at radius 2 is 1.21 bits per heavy atom. The summed E-state index contributed by atoms with van der Waals surface area (Å²) in [7, 11) is 2.20. The molecule has 33 heavy (non-hydrogen) atoms. The molecule has 1 nitrogen and oxygen atoms in total. The molecule has 0 bridgehead atoms. The first kappa shape index (κ1) is 21.8. The minimum Gasteiger partial charge on any atom is -0.344 e. The first-order valence-corrected chi connectivity index (χ1v) is 12.5. The van der Waals surface area contributed by atoms with Gasteiger partial charge < -0.3 is 4.90 Å². The Hall–Kier alpha value is -3.06. The topological polar surface area (TPSA) is 3.24 Å². The molecule has 0 radical (unpaired) electrons. The second-order valence-electron chi connectivity index (χ2n) is 10.1. The number of para-hydroxylation sites is 1. The second-order valence-corrected chi connectivity index (χ2v) is 10.1. The number of hydrogen-bond acceptors (Lipinski definition) is 1. The molecule has 1 heteroatoms. The van der Waals surface area contributed by atoms with Crippen LogP contribution in [0.5, 0.6) is 0 Å². The van der Waals surface area contributed by atoms with Crippen LogP contribution in [0, 0.1) is 0 Å². The highest BCUT2D eigenvalue weighted by atomic mass is 15.1. The lowest BCUT2D eigenvalue weighted by atomic mass is 9.83. The molecule has 0 aliphatic rings. The van der Waals surface area contributed by atoms with Crippen LogP contribution in [0.3, 0.4) is 0 Å². The monoisotopic (exact) mass is 433 g/mol. The Bertz CT molecular complexity index is 1430. The second kappa shape index (κ2) is 8.37. The maximum atomic E-state index is 2.48. The molecule has 0 aliphatic carbocycles. The minimum atomic E-state index is 0.456. The van der Waals surface area contributed by atoms with E-state index in [1.54, 1.807) is 0 Å². The van der Waals surface area contributed by atoms with Crippen molar-refractivity contribution in [3.05, 3.63) is 83.4 Å². The van der Waals surface area contributed by atoms with E-state index < -0.39 is 0 Å². The average Bonchev–Trinajstić information content (AvgIpc) is 2.82. The molecule has 0 N–H and O–H groups in total. The highest BCUT2D eigenvalue weighted by Gasteiger charge is 2.21. The lowest BCUT2D eigenvalue weighted by molar-refractivity contribution is 0.866. The fourth-order valence-electron chi connectivity index (χ4n) is 5.60. The van der Waals surface area contributed by atoms with Gasteiger partial charge in [-0.25, -0.2) is 0 Å². The Morgan fingerprint density at radius 1 is 0.667 bits per heavy atom. The summed E-state index contributed by atoms with van der Waals surface area (Å²) in [5, 5.41) is 8.52. The van der Waals surface area contributed by atoms with Gasteiger partial charge in [-0.15, -0.1) is 0 Å². The summed E-state index contributed by atoms with van der Waals surface area (Å²) in [6.07, 6.45) is 2.29. The molecule has 0 atom stereocenters. The minimum absolute atomic E-state index is 0.456. The molecule has 0 saturated carbocycles. The molecule has 0 fully saturated rings. The van der Waals surface area contributed by atoms with E-state index in [4.69, 9.17) is 0 Å². The summed E-state index contributed by atoms with van der Waals surface area (Å²) in [4.78, 5) is 2.36. The lowest BCUT2D eigenvalue weighted by Crippen LogP contribution is -2.11. The number of nitrogens with zero attached hydrogens (tertiary/aromatic N) is 1. The third-order valence-corrected chi connectivity index (χ3v) is 7.29. The number of anilines is 2. The van der Waals surface area contributed by atoms with Crippen LogP contribution in [0.1, 0.15) is 69.6 Å². The molecule has 0 saturated heterocycles. The zero-order valence-electron chi connectivity index (χ0n) is 20.9. The zero-order chi connectivity index (χ0) is 23.3. The normalized spacial score (nSPS) is 12.1. The van der Waals surface area contributed by atoms with Crippen molar-refractivity contribution in [2.24, 2.45) is 0 Å². The quantitative estimate of drug-likeness (QED) is 0.241. The number of rotatable bonds is 6. The molecule has 0 aliphatic heterocycles. The average molecular weight is 434 g/mol. The maximum Gasteiger partial charge on any atom is 0.0491 e. The summed E-state index contributed by atoms with van der Waals surface area (Å²) in [5.41, 5.74) is 6.92. The molecule has 0 heterocycles. The van der Waals surface area contributed by atoms with Crippen molar-refractivity contribution in [2.45, 2.75) is 59.3 Å². The van der Waals surface area contributed by atoms with Crippen LogP contribution < -0.4 is 4.90 Å². The zero-order valence-corrected chi connectivity index (χ0v) is 20.9. The summed E-state index contributed by atoms with van der Waals surface area (Å²) < 4.78 is 0. The summed E-state index contributed by atoms with van der Waals surface area (Å²) in [6, 6.07) is 25.2. The van der Waals surface area contributed by atoms with Crippen molar-refractivity contribution < 1.29 is 0 Å². The SMILES string of the molecule is CCCc1cc(C(C)C)c2ccc3c(N(C)c4ccccc4)cc(C(C)C)c4ccc1c2c43. The van der Waals surface area contributed by atoms with Crippen molar-refractivity contribution in [3.63, 3.8) is 0 Å². The van der Waals surface area contributed by atoms with E-state index in [-0.39, 0.29) is 0 Å². The van der Waals surface area contributed by atoms with E-state index in [9.17, 15) is 0 Å². The van der Waals surface area contributed by atoms with E-state index in [0.717, 1.165) is 6.42 Å². The Morgan fingerprint density at radius 3 is 1.82 bits per heavy atom. The van der Waals surface area contributed by atoms with E-state index >= 15 is 0 Å². The predicted molar refractivity (Wildman–Crippen MR) is 147 cm³/mol. The first-order chi connectivity index (χ1) is 15.9. The van der Waals surface area contributed by atoms with Gasteiger partial charge in [0.25, 0.3) is 0 Å². The van der Waals surface area contributed by atoms with Gasteiger partial charge in [0.15, 0.2) is 0 Å². The van der Waals surface area contributed by atoms with Crippen molar-refractivity contribution in [1.29, 1.82) is 0 Å². The Kier molecular flexibility index (Phi) is 5.52. The van der Waals surface area contributed by atoms with E-state index in [1.807, 2.05) is 0 Å². The van der Waals surface area contributed by atoms with Gasteiger partial charge in [0, 0.05) is 23.8 Å². The number of hydrogen-bond donors (Lipinski definition) is 0. The smallest absolute Gasteiger partial charge is 0.0491 e. The molecule has 5 aromatic rings. The summed E-state index contributed by atoms with van der Waals surface area (Å²) in [6.45, 7) is 11.6. The van der Waals surface area contributed by atoms with Gasteiger partial charge in [-0.3, -0.25) is 0 Å². The van der Waals surface area contributed by atoms with Crippen LogP contribution in [-0.2, 0) is 6.42 Å². The molecular weight excluding hydrogens is 398 g/mol. The van der Waals surface area contributed by atoms with Crippen LogP contribution in [0.25, 0.3) is 32.3 Å². The third kappa shape index (κ3) is 3.46. The summed E-state index contributed by atoms with van der Waals surface area (Å²) >= 11 is 0. The van der Waals surface area contributed by atoms with Crippen LogP contribution in [-0.4, -0.2) is 7.05 Å². The van der Waals surface area contributed by atoms with Crippen LogP contribution in [0.4, 0.5) is 11.4 Å². The number of aryl methyl sites for hydroxylation is 1. The van der Waals surface area contributed by atoms with Crippen molar-refractivity contribution >= 4 is 43.7 Å². The van der Waals surface area contributed by atoms with Crippen LogP contribution >= 0.6 is 0 Å². The van der Waals surface area contributed by atoms with Crippen molar-refractivity contribution in [1.82, 2.24) is 0 Å². The Labute approximate surface area is 198 Å². The highest BCUT2D eigenvalue weighted by Crippen LogP contribution is 2.46. The van der Waals surface area contributed by atoms with Gasteiger partial charge in [0.1, 0.15) is 0 Å². The van der Waals surface area contributed by atoms with Crippen molar-refractivity contribution in [2.75, 3.05) is 11.9 Å². The van der Waals surface area contributed by atoms with E-state index in [2.05, 4.69) is 113 Å². The van der Waals surface area contributed by atoms with Crippen LogP contribution in [0.15, 0.2) is 66.7 Å². The maximum absolute atomic E-state index is 2.48. The molecule has 5 aromatic carbocycles. The molecule has 168 valence electrons. The fraction of sp³-hybridized carbons (Fsp3) is 0.312. The molecule has 0 unspecified atom stereocenters. The molecule has 0 amide bonds. The van der Waals surface area contributed by atoms with Crippen LogP contribution in [0.2, 0.25) is 0 Å². The fourth-order valence-corrected chi connectivity index (χ4v) is 5.60. The van der Waals surface area contributed by atoms with E-state index in [1.165, 1.54) is 66.8 Å². The summed E-state index contributed by atoms with van der Waals surface area (Å²) in [5.74, 6) is 0.957. The van der Waals surface area contributed by atoms with Gasteiger partial charge in [-0.05, 0) is 80.1 Å². The van der Waals surface area contributed by atoms with E-state index in [0.29, 0.717) is 11.8 Å². The largest absolute Gasteiger partial charge is 0.344 e. The van der Waals surface area contributed by atoms with Gasteiger partial charge in [0.2, 0.25) is 0 Å². The first-order valence-electron chi connectivity index (χ1n) is 12.5. The third-order valence-electron chi connectivity index (χ3n) is 7.29. The van der Waals surface area contributed by atoms with Gasteiger partial charge in [-0.2, -0.15) is 0 Å². The molecule has 5 rings (SSSR count). The Balaban J connectivity index is 1.96. The number of benzene rings is 5. The van der Waals surface area contributed by atoms with Crippen molar-refractivity contribution in [3.8, 4) is 0 Å². The van der Waals surface area contributed by atoms with Gasteiger partial charge in [0.05, 0.1) is 0 Å².